The van der Waals surface area contributed by atoms with Crippen molar-refractivity contribution in [1.82, 2.24) is 5.16 Å². The van der Waals surface area contributed by atoms with Gasteiger partial charge in [-0.05, 0) is 12.1 Å². The number of ether oxygens (including phenoxy) is 1. The first kappa shape index (κ1) is 8.62. The number of hydrogen-bond acceptors (Lipinski definition) is 4. The van der Waals surface area contributed by atoms with Gasteiger partial charge in [-0.1, -0.05) is 17.3 Å². The van der Waals surface area contributed by atoms with Crippen LogP contribution in [0, 0.1) is 6.92 Å². The van der Waals surface area contributed by atoms with Crippen molar-refractivity contribution < 1.29 is 9.26 Å². The van der Waals surface area contributed by atoms with Gasteiger partial charge in [0.15, 0.2) is 17.3 Å². The first-order valence-electron chi connectivity index (χ1n) is 4.21. The van der Waals surface area contributed by atoms with Crippen LogP contribution in [0.5, 0.6) is 11.5 Å². The van der Waals surface area contributed by atoms with Crippen LogP contribution in [-0.4, -0.2) is 5.16 Å². The zero-order valence-electron chi connectivity index (χ0n) is 7.73. The smallest absolute Gasteiger partial charge is 0.189 e. The molecule has 0 fully saturated rings. The summed E-state index contributed by atoms with van der Waals surface area (Å²) in [7, 11) is 0. The molecular formula is C10H10N2O2. The third-order valence-electron chi connectivity index (χ3n) is 1.85. The topological polar surface area (TPSA) is 61.3 Å². The first-order valence-corrected chi connectivity index (χ1v) is 4.21. The van der Waals surface area contributed by atoms with Crippen LogP contribution >= 0.6 is 0 Å². The van der Waals surface area contributed by atoms with E-state index >= 15 is 0 Å². The molecule has 1 heterocycles. The molecule has 0 bridgehead atoms. The van der Waals surface area contributed by atoms with Crippen molar-refractivity contribution in [2.75, 3.05) is 5.73 Å². The molecule has 1 aromatic carbocycles. The molecule has 0 aliphatic heterocycles. The van der Waals surface area contributed by atoms with Crippen molar-refractivity contribution >= 4 is 5.69 Å². The Kier molecular flexibility index (Phi) is 2.10. The van der Waals surface area contributed by atoms with Crippen molar-refractivity contribution in [3.63, 3.8) is 0 Å². The SMILES string of the molecule is Cc1oncc1Oc1ccccc1N. The van der Waals surface area contributed by atoms with Crippen LogP contribution < -0.4 is 10.5 Å². The first-order chi connectivity index (χ1) is 6.77. The predicted octanol–water partition coefficient (Wildman–Crippen LogP) is 2.36. The standard InChI is InChI=1S/C10H10N2O2/c1-7-10(6-12-14-7)13-9-5-3-2-4-8(9)11/h2-6H,11H2,1H3. The Morgan fingerprint density at radius 2 is 2.07 bits per heavy atom. The average molecular weight is 190 g/mol. The lowest BCUT2D eigenvalue weighted by Gasteiger charge is -2.05. The van der Waals surface area contributed by atoms with Crippen molar-refractivity contribution in [2.45, 2.75) is 6.92 Å². The van der Waals surface area contributed by atoms with Crippen LogP contribution in [0.2, 0.25) is 0 Å². The van der Waals surface area contributed by atoms with Gasteiger partial charge in [0, 0.05) is 6.92 Å². The number of anilines is 1. The van der Waals surface area contributed by atoms with Gasteiger partial charge in [-0.3, -0.25) is 0 Å². The Morgan fingerprint density at radius 3 is 2.71 bits per heavy atom. The molecule has 2 aromatic rings. The van der Waals surface area contributed by atoms with Crippen LogP contribution in [0.15, 0.2) is 35.0 Å². The van der Waals surface area contributed by atoms with Crippen LogP contribution in [0.1, 0.15) is 5.76 Å². The monoisotopic (exact) mass is 190 g/mol. The summed E-state index contributed by atoms with van der Waals surface area (Å²) in [5.74, 6) is 1.83. The molecular weight excluding hydrogens is 180 g/mol. The zero-order chi connectivity index (χ0) is 9.97. The summed E-state index contributed by atoms with van der Waals surface area (Å²) in [6.07, 6.45) is 1.52. The summed E-state index contributed by atoms with van der Waals surface area (Å²) in [6, 6.07) is 7.27. The Labute approximate surface area is 81.3 Å². The van der Waals surface area contributed by atoms with Crippen LogP contribution in [-0.2, 0) is 0 Å². The Balaban J connectivity index is 2.28. The average Bonchev–Trinajstić information content (AvgIpc) is 2.56. The summed E-state index contributed by atoms with van der Waals surface area (Å²) in [5.41, 5.74) is 6.30. The van der Waals surface area contributed by atoms with Gasteiger partial charge >= 0.3 is 0 Å². The highest BCUT2D eigenvalue weighted by Gasteiger charge is 2.06. The minimum Gasteiger partial charge on any atom is -0.450 e. The molecule has 0 saturated carbocycles. The molecule has 0 aliphatic carbocycles. The Hall–Kier alpha value is -1.97. The van der Waals surface area contributed by atoms with E-state index in [0.717, 1.165) is 0 Å². The van der Waals surface area contributed by atoms with E-state index in [1.165, 1.54) is 6.20 Å². The van der Waals surface area contributed by atoms with Gasteiger partial charge in [-0.15, -0.1) is 0 Å². The number of aromatic nitrogens is 1. The zero-order valence-corrected chi connectivity index (χ0v) is 7.73. The minimum atomic E-state index is 0.586. The fourth-order valence-electron chi connectivity index (χ4n) is 1.08. The minimum absolute atomic E-state index is 0.586. The molecule has 0 aliphatic rings. The third kappa shape index (κ3) is 1.54. The molecule has 0 unspecified atom stereocenters. The predicted molar refractivity (Wildman–Crippen MR) is 52.2 cm³/mol. The number of nitrogen functional groups attached to an aromatic ring is 1. The molecule has 4 nitrogen and oxygen atoms in total. The molecule has 0 atom stereocenters. The normalized spacial score (nSPS) is 10.1. The van der Waals surface area contributed by atoms with Crippen LogP contribution in [0.25, 0.3) is 0 Å². The lowest BCUT2D eigenvalue weighted by Crippen LogP contribution is -1.91. The van der Waals surface area contributed by atoms with E-state index in [1.54, 1.807) is 19.1 Å². The maximum Gasteiger partial charge on any atom is 0.189 e. The summed E-state index contributed by atoms with van der Waals surface area (Å²) < 4.78 is 10.4. The summed E-state index contributed by atoms with van der Waals surface area (Å²) in [5, 5.41) is 3.61. The number of para-hydroxylation sites is 2. The van der Waals surface area contributed by atoms with Crippen molar-refractivity contribution in [3.05, 3.63) is 36.2 Å². The molecule has 4 heteroatoms. The highest BCUT2D eigenvalue weighted by atomic mass is 16.5. The fraction of sp³-hybridized carbons (Fsp3) is 0.100. The van der Waals surface area contributed by atoms with E-state index in [4.69, 9.17) is 15.0 Å². The van der Waals surface area contributed by atoms with Crippen molar-refractivity contribution in [1.29, 1.82) is 0 Å². The van der Waals surface area contributed by atoms with Gasteiger partial charge < -0.3 is 15.0 Å². The van der Waals surface area contributed by atoms with E-state index < -0.39 is 0 Å². The van der Waals surface area contributed by atoms with E-state index in [9.17, 15) is 0 Å². The molecule has 0 amide bonds. The summed E-state index contributed by atoms with van der Waals surface area (Å²) in [4.78, 5) is 0. The van der Waals surface area contributed by atoms with E-state index in [-0.39, 0.29) is 0 Å². The number of rotatable bonds is 2. The highest BCUT2D eigenvalue weighted by molar-refractivity contribution is 5.53. The number of nitrogens with two attached hydrogens (primary N) is 1. The molecule has 2 N–H and O–H groups in total. The van der Waals surface area contributed by atoms with Gasteiger partial charge in [-0.2, -0.15) is 0 Å². The highest BCUT2D eigenvalue weighted by Crippen LogP contribution is 2.28. The van der Waals surface area contributed by atoms with Gasteiger partial charge in [0.05, 0.1) is 5.69 Å². The quantitative estimate of drug-likeness (QED) is 0.738. The molecule has 0 radical (unpaired) electrons. The van der Waals surface area contributed by atoms with Crippen molar-refractivity contribution in [2.24, 2.45) is 0 Å². The number of hydrogen-bond donors (Lipinski definition) is 1. The van der Waals surface area contributed by atoms with Crippen LogP contribution in [0.3, 0.4) is 0 Å². The largest absolute Gasteiger partial charge is 0.450 e. The maximum absolute atomic E-state index is 5.71. The number of nitrogens with zero attached hydrogens (tertiary/aromatic N) is 1. The Morgan fingerprint density at radius 1 is 1.29 bits per heavy atom. The van der Waals surface area contributed by atoms with Gasteiger partial charge in [0.2, 0.25) is 0 Å². The summed E-state index contributed by atoms with van der Waals surface area (Å²) >= 11 is 0. The number of aryl methyl sites for hydroxylation is 1. The molecule has 0 saturated heterocycles. The van der Waals surface area contributed by atoms with E-state index in [0.29, 0.717) is 22.9 Å². The lowest BCUT2D eigenvalue weighted by atomic mass is 10.3. The Bertz CT molecular complexity index is 437. The van der Waals surface area contributed by atoms with Crippen molar-refractivity contribution in [3.8, 4) is 11.5 Å². The fourth-order valence-corrected chi connectivity index (χ4v) is 1.08. The molecule has 0 spiro atoms. The van der Waals surface area contributed by atoms with Gasteiger partial charge in [0.25, 0.3) is 0 Å². The molecule has 1 aromatic heterocycles. The summed E-state index contributed by atoms with van der Waals surface area (Å²) in [6.45, 7) is 1.78. The lowest BCUT2D eigenvalue weighted by molar-refractivity contribution is 0.386. The molecule has 2 rings (SSSR count). The van der Waals surface area contributed by atoms with Gasteiger partial charge in [0.1, 0.15) is 6.20 Å². The van der Waals surface area contributed by atoms with Crippen LogP contribution in [0.4, 0.5) is 5.69 Å². The second kappa shape index (κ2) is 3.41. The second-order valence-corrected chi connectivity index (χ2v) is 2.89. The van der Waals surface area contributed by atoms with Gasteiger partial charge in [-0.25, -0.2) is 0 Å². The maximum atomic E-state index is 5.71. The van der Waals surface area contributed by atoms with E-state index in [2.05, 4.69) is 5.16 Å². The van der Waals surface area contributed by atoms with E-state index in [1.807, 2.05) is 12.1 Å². The number of benzene rings is 1. The second-order valence-electron chi connectivity index (χ2n) is 2.89. The molecule has 72 valence electrons. The molecule has 14 heavy (non-hydrogen) atoms. The third-order valence-corrected chi connectivity index (χ3v) is 1.85.